The first-order chi connectivity index (χ1) is 15.4. The maximum Gasteiger partial charge on any atom is 0.346 e. The normalized spacial score (nSPS) is 14.3. The number of carbonyl (C=O) groups excluding carboxylic acids is 2. The van der Waals surface area contributed by atoms with Crippen molar-refractivity contribution in [3.05, 3.63) is 81.3 Å². The van der Waals surface area contributed by atoms with E-state index < -0.39 is 38.2 Å². The SMILES string of the molecule is CC(C)(c1cccc(F)c1)S(=O)(=O)c1cccc(N2C(=O)Cc3csc(C(=O)O)c3C2=O)c1. The lowest BCUT2D eigenvalue weighted by Crippen LogP contribution is -2.42. The molecule has 0 atom stereocenters. The van der Waals surface area contributed by atoms with E-state index >= 15 is 0 Å². The molecule has 2 aromatic carbocycles. The smallest absolute Gasteiger partial charge is 0.346 e. The Balaban J connectivity index is 1.78. The number of carboxylic acid groups (broad SMARTS) is 1. The highest BCUT2D eigenvalue weighted by molar-refractivity contribution is 7.92. The molecular formula is C23H18FNO6S2. The van der Waals surface area contributed by atoms with Crippen LogP contribution in [-0.4, -0.2) is 31.3 Å². The molecule has 4 rings (SSSR count). The standard InChI is InChI=1S/C23H18FNO6S2/c1-23(2,14-5-3-6-15(24)10-14)33(30,31)17-8-4-7-16(11-17)25-18(26)9-13-12-32-20(22(28)29)19(13)21(25)27/h3-8,10-12H,9H2,1-2H3,(H,28,29). The van der Waals surface area contributed by atoms with E-state index in [0.717, 1.165) is 22.3 Å². The molecule has 170 valence electrons. The summed E-state index contributed by atoms with van der Waals surface area (Å²) in [5.41, 5.74) is 0.515. The Morgan fingerprint density at radius 1 is 1.12 bits per heavy atom. The number of carbonyl (C=O) groups is 3. The molecule has 1 aliphatic rings. The molecule has 3 aromatic rings. The number of rotatable bonds is 5. The fourth-order valence-electron chi connectivity index (χ4n) is 3.75. The van der Waals surface area contributed by atoms with Gasteiger partial charge < -0.3 is 5.11 Å². The molecule has 33 heavy (non-hydrogen) atoms. The van der Waals surface area contributed by atoms with E-state index in [-0.39, 0.29) is 33.0 Å². The minimum absolute atomic E-state index is 0.00862. The van der Waals surface area contributed by atoms with Crippen LogP contribution in [0, 0.1) is 5.82 Å². The highest BCUT2D eigenvalue weighted by Crippen LogP contribution is 2.37. The highest BCUT2D eigenvalue weighted by atomic mass is 32.2. The molecule has 0 saturated heterocycles. The van der Waals surface area contributed by atoms with Gasteiger partial charge in [-0.1, -0.05) is 18.2 Å². The molecule has 2 amide bonds. The maximum absolute atomic E-state index is 13.7. The summed E-state index contributed by atoms with van der Waals surface area (Å²) in [5.74, 6) is -3.27. The number of sulfone groups is 1. The lowest BCUT2D eigenvalue weighted by atomic mass is 10.0. The van der Waals surface area contributed by atoms with Crippen LogP contribution in [0.25, 0.3) is 0 Å². The molecule has 2 heterocycles. The number of fused-ring (bicyclic) bond motifs is 1. The molecule has 1 N–H and O–H groups in total. The molecule has 1 aromatic heterocycles. The minimum Gasteiger partial charge on any atom is -0.477 e. The van der Waals surface area contributed by atoms with Crippen molar-refractivity contribution in [2.24, 2.45) is 0 Å². The van der Waals surface area contributed by atoms with Crippen molar-refractivity contribution >= 4 is 44.6 Å². The van der Waals surface area contributed by atoms with E-state index in [2.05, 4.69) is 0 Å². The van der Waals surface area contributed by atoms with Crippen LogP contribution in [0.4, 0.5) is 10.1 Å². The third kappa shape index (κ3) is 3.65. The third-order valence-electron chi connectivity index (χ3n) is 5.65. The number of amides is 2. The Bertz CT molecular complexity index is 1420. The Labute approximate surface area is 193 Å². The average Bonchev–Trinajstić information content (AvgIpc) is 3.18. The van der Waals surface area contributed by atoms with Gasteiger partial charge in [-0.05, 0) is 60.7 Å². The summed E-state index contributed by atoms with van der Waals surface area (Å²) in [5, 5.41) is 10.9. The van der Waals surface area contributed by atoms with Crippen molar-refractivity contribution in [3.8, 4) is 0 Å². The van der Waals surface area contributed by atoms with Crippen molar-refractivity contribution in [3.63, 3.8) is 0 Å². The van der Waals surface area contributed by atoms with Crippen LogP contribution in [0.1, 0.15) is 45.0 Å². The van der Waals surface area contributed by atoms with Gasteiger partial charge in [0.2, 0.25) is 5.91 Å². The monoisotopic (exact) mass is 487 g/mol. The molecule has 0 fully saturated rings. The van der Waals surface area contributed by atoms with Gasteiger partial charge in [0.05, 0.1) is 27.3 Å². The van der Waals surface area contributed by atoms with Gasteiger partial charge in [-0.3, -0.25) is 9.59 Å². The van der Waals surface area contributed by atoms with Gasteiger partial charge in [-0.25, -0.2) is 22.5 Å². The summed E-state index contributed by atoms with van der Waals surface area (Å²) in [4.78, 5) is 37.8. The number of anilines is 1. The molecule has 0 aliphatic carbocycles. The van der Waals surface area contributed by atoms with Crippen molar-refractivity contribution in [2.75, 3.05) is 4.90 Å². The van der Waals surface area contributed by atoms with Gasteiger partial charge in [0, 0.05) is 0 Å². The molecule has 0 unspecified atom stereocenters. The van der Waals surface area contributed by atoms with Crippen LogP contribution in [0.2, 0.25) is 0 Å². The lowest BCUT2D eigenvalue weighted by molar-refractivity contribution is -0.117. The van der Waals surface area contributed by atoms with Gasteiger partial charge in [-0.2, -0.15) is 0 Å². The average molecular weight is 488 g/mol. The first-order valence-corrected chi connectivity index (χ1v) is 12.1. The van der Waals surface area contributed by atoms with Crippen LogP contribution in [0.15, 0.2) is 58.8 Å². The molecule has 7 nitrogen and oxygen atoms in total. The first-order valence-electron chi connectivity index (χ1n) is 9.77. The number of aromatic carboxylic acids is 1. The summed E-state index contributed by atoms with van der Waals surface area (Å²) in [7, 11) is -4.08. The van der Waals surface area contributed by atoms with Gasteiger partial charge in [-0.15, -0.1) is 11.3 Å². The molecular weight excluding hydrogens is 469 g/mol. The Morgan fingerprint density at radius 2 is 1.82 bits per heavy atom. The van der Waals surface area contributed by atoms with Crippen LogP contribution in [0.3, 0.4) is 0 Å². The minimum atomic E-state index is -4.08. The fraction of sp³-hybridized carbons (Fsp3) is 0.174. The quantitative estimate of drug-likeness (QED) is 0.545. The second kappa shape index (κ2) is 7.89. The lowest BCUT2D eigenvalue weighted by Gasteiger charge is -2.28. The fourth-order valence-corrected chi connectivity index (χ4v) is 6.20. The van der Waals surface area contributed by atoms with Crippen molar-refractivity contribution in [2.45, 2.75) is 29.9 Å². The second-order valence-corrected chi connectivity index (χ2v) is 11.4. The molecule has 1 aliphatic heterocycles. The molecule has 0 saturated carbocycles. The summed E-state index contributed by atoms with van der Waals surface area (Å²) in [6.07, 6.45) is -0.184. The topological polar surface area (TPSA) is 109 Å². The van der Waals surface area contributed by atoms with E-state index in [1.54, 1.807) is 0 Å². The predicted molar refractivity (Wildman–Crippen MR) is 120 cm³/mol. The van der Waals surface area contributed by atoms with Gasteiger partial charge >= 0.3 is 5.97 Å². The molecule has 0 radical (unpaired) electrons. The van der Waals surface area contributed by atoms with Crippen molar-refractivity contribution < 1.29 is 32.3 Å². The summed E-state index contributed by atoms with van der Waals surface area (Å²) in [6, 6.07) is 10.6. The number of thiophene rings is 1. The number of carboxylic acids is 1. The predicted octanol–water partition coefficient (Wildman–Crippen LogP) is 4.02. The van der Waals surface area contributed by atoms with Crippen LogP contribution in [-0.2, 0) is 25.8 Å². The Kier molecular flexibility index (Phi) is 5.45. The molecule has 0 spiro atoms. The number of benzene rings is 2. The number of nitrogens with zero attached hydrogens (tertiary/aromatic N) is 1. The van der Waals surface area contributed by atoms with E-state index in [9.17, 15) is 32.3 Å². The number of halogens is 1. The van der Waals surface area contributed by atoms with Crippen molar-refractivity contribution in [1.29, 1.82) is 0 Å². The largest absolute Gasteiger partial charge is 0.477 e. The Morgan fingerprint density at radius 3 is 2.48 bits per heavy atom. The number of hydrogen-bond acceptors (Lipinski definition) is 6. The zero-order chi connectivity index (χ0) is 24.1. The van der Waals surface area contributed by atoms with Gasteiger partial charge in [0.15, 0.2) is 9.84 Å². The second-order valence-electron chi connectivity index (χ2n) is 8.00. The summed E-state index contributed by atoms with van der Waals surface area (Å²) in [6.45, 7) is 2.88. The number of hydrogen-bond donors (Lipinski definition) is 1. The maximum atomic E-state index is 13.7. The summed E-state index contributed by atoms with van der Waals surface area (Å²) >= 11 is 0.860. The zero-order valence-corrected chi connectivity index (χ0v) is 19.2. The highest BCUT2D eigenvalue weighted by Gasteiger charge is 2.40. The molecule has 10 heteroatoms. The third-order valence-corrected chi connectivity index (χ3v) is 9.12. The van der Waals surface area contributed by atoms with Crippen LogP contribution in [0.5, 0.6) is 0 Å². The Hall–Kier alpha value is -3.37. The molecule has 0 bridgehead atoms. The number of imide groups is 1. The van der Waals surface area contributed by atoms with Gasteiger partial charge in [0.25, 0.3) is 5.91 Å². The zero-order valence-electron chi connectivity index (χ0n) is 17.5. The van der Waals surface area contributed by atoms with Crippen LogP contribution >= 0.6 is 11.3 Å². The van der Waals surface area contributed by atoms with Crippen LogP contribution < -0.4 is 4.90 Å². The van der Waals surface area contributed by atoms with Crippen molar-refractivity contribution in [1.82, 2.24) is 0 Å². The van der Waals surface area contributed by atoms with E-state index in [4.69, 9.17) is 0 Å². The summed E-state index contributed by atoms with van der Waals surface area (Å²) < 4.78 is 39.2. The first kappa shape index (κ1) is 22.8. The van der Waals surface area contributed by atoms with E-state index in [1.165, 1.54) is 61.7 Å². The van der Waals surface area contributed by atoms with E-state index in [0.29, 0.717) is 5.56 Å². The van der Waals surface area contributed by atoms with E-state index in [1.807, 2.05) is 0 Å². The van der Waals surface area contributed by atoms with Gasteiger partial charge in [0.1, 0.15) is 10.7 Å².